The number of nitrogens with zero attached hydrogens (tertiary/aromatic N) is 3. The van der Waals surface area contributed by atoms with E-state index in [9.17, 15) is 0 Å². The first-order valence-corrected chi connectivity index (χ1v) is 4.57. The lowest BCUT2D eigenvalue weighted by atomic mass is 10.2. The Morgan fingerprint density at radius 3 is 3.00 bits per heavy atom. The SMILES string of the molecule is CCc1nc(Cl)cc2cnn(C)c12. The zero-order valence-electron chi connectivity index (χ0n) is 7.58. The van der Waals surface area contributed by atoms with Gasteiger partial charge in [-0.2, -0.15) is 5.10 Å². The van der Waals surface area contributed by atoms with Gasteiger partial charge in [-0.15, -0.1) is 0 Å². The summed E-state index contributed by atoms with van der Waals surface area (Å²) < 4.78 is 1.83. The number of aryl methyl sites for hydroxylation is 2. The molecule has 2 rings (SSSR count). The summed E-state index contributed by atoms with van der Waals surface area (Å²) in [7, 11) is 1.91. The minimum atomic E-state index is 0.539. The van der Waals surface area contributed by atoms with Crippen molar-refractivity contribution in [3.05, 3.63) is 23.1 Å². The molecule has 68 valence electrons. The molecule has 0 bridgehead atoms. The standard InChI is InChI=1S/C9H10ClN3/c1-3-7-9-6(4-8(10)12-7)5-11-13(9)2/h4-5H,3H2,1-2H3. The van der Waals surface area contributed by atoms with E-state index in [0.717, 1.165) is 23.0 Å². The molecule has 0 aliphatic rings. The van der Waals surface area contributed by atoms with E-state index in [4.69, 9.17) is 11.6 Å². The number of halogens is 1. The van der Waals surface area contributed by atoms with Crippen LogP contribution in [0.25, 0.3) is 10.9 Å². The second-order valence-corrected chi connectivity index (χ2v) is 3.34. The topological polar surface area (TPSA) is 30.7 Å². The molecule has 0 aromatic carbocycles. The van der Waals surface area contributed by atoms with Crippen LogP contribution in [0.2, 0.25) is 5.15 Å². The van der Waals surface area contributed by atoms with Gasteiger partial charge < -0.3 is 0 Å². The first-order valence-electron chi connectivity index (χ1n) is 4.19. The minimum Gasteiger partial charge on any atom is -0.266 e. The Bertz CT molecular complexity index is 447. The molecule has 3 nitrogen and oxygen atoms in total. The molecule has 0 aliphatic carbocycles. The van der Waals surface area contributed by atoms with E-state index in [2.05, 4.69) is 17.0 Å². The van der Waals surface area contributed by atoms with Crippen LogP contribution in [0.3, 0.4) is 0 Å². The van der Waals surface area contributed by atoms with Crippen LogP contribution in [0.15, 0.2) is 12.3 Å². The largest absolute Gasteiger partial charge is 0.266 e. The molecule has 2 aromatic heterocycles. The maximum atomic E-state index is 5.86. The summed E-state index contributed by atoms with van der Waals surface area (Å²) in [5.74, 6) is 0. The van der Waals surface area contributed by atoms with Crippen LogP contribution in [-0.4, -0.2) is 14.8 Å². The lowest BCUT2D eigenvalue weighted by Crippen LogP contribution is -1.96. The van der Waals surface area contributed by atoms with Crippen LogP contribution in [-0.2, 0) is 13.5 Å². The summed E-state index contributed by atoms with van der Waals surface area (Å²) in [4.78, 5) is 4.26. The highest BCUT2D eigenvalue weighted by atomic mass is 35.5. The highest BCUT2D eigenvalue weighted by Gasteiger charge is 2.07. The molecule has 4 heteroatoms. The fourth-order valence-electron chi connectivity index (χ4n) is 1.50. The summed E-state index contributed by atoms with van der Waals surface area (Å²) in [6.45, 7) is 2.06. The summed E-state index contributed by atoms with van der Waals surface area (Å²) >= 11 is 5.86. The maximum absolute atomic E-state index is 5.86. The minimum absolute atomic E-state index is 0.539. The number of pyridine rings is 1. The van der Waals surface area contributed by atoms with Gasteiger partial charge in [-0.25, -0.2) is 4.98 Å². The van der Waals surface area contributed by atoms with E-state index >= 15 is 0 Å². The Labute approximate surface area is 81.3 Å². The molecule has 0 N–H and O–H groups in total. The fourth-order valence-corrected chi connectivity index (χ4v) is 1.72. The lowest BCUT2D eigenvalue weighted by molar-refractivity contribution is 0.788. The van der Waals surface area contributed by atoms with Crippen molar-refractivity contribution in [2.45, 2.75) is 13.3 Å². The van der Waals surface area contributed by atoms with E-state index in [0.29, 0.717) is 5.15 Å². The van der Waals surface area contributed by atoms with Gasteiger partial charge in [-0.3, -0.25) is 4.68 Å². The summed E-state index contributed by atoms with van der Waals surface area (Å²) in [5.41, 5.74) is 2.08. The Morgan fingerprint density at radius 2 is 2.31 bits per heavy atom. The molecule has 0 fully saturated rings. The highest BCUT2D eigenvalue weighted by molar-refractivity contribution is 6.30. The van der Waals surface area contributed by atoms with Gasteiger partial charge in [0.25, 0.3) is 0 Å². The first kappa shape index (κ1) is 8.51. The fraction of sp³-hybridized carbons (Fsp3) is 0.333. The second-order valence-electron chi connectivity index (χ2n) is 2.95. The summed E-state index contributed by atoms with van der Waals surface area (Å²) in [5, 5.41) is 5.76. The molecule has 0 unspecified atom stereocenters. The van der Waals surface area contributed by atoms with Crippen molar-refractivity contribution in [2.75, 3.05) is 0 Å². The van der Waals surface area contributed by atoms with Crippen molar-refractivity contribution in [3.63, 3.8) is 0 Å². The predicted molar refractivity (Wildman–Crippen MR) is 52.9 cm³/mol. The van der Waals surface area contributed by atoms with Gasteiger partial charge in [0.1, 0.15) is 5.15 Å². The Morgan fingerprint density at radius 1 is 1.54 bits per heavy atom. The molecule has 0 spiro atoms. The summed E-state index contributed by atoms with van der Waals surface area (Å²) in [6, 6.07) is 1.84. The quantitative estimate of drug-likeness (QED) is 0.653. The molecule has 0 saturated heterocycles. The van der Waals surface area contributed by atoms with Gasteiger partial charge in [0.05, 0.1) is 17.4 Å². The molecule has 0 amide bonds. The predicted octanol–water partition coefficient (Wildman–Crippen LogP) is 2.18. The summed E-state index contributed by atoms with van der Waals surface area (Å²) in [6.07, 6.45) is 2.68. The van der Waals surface area contributed by atoms with E-state index < -0.39 is 0 Å². The first-order chi connectivity index (χ1) is 6.22. The number of hydrogen-bond donors (Lipinski definition) is 0. The second kappa shape index (κ2) is 3.00. The molecular formula is C9H10ClN3. The number of hydrogen-bond acceptors (Lipinski definition) is 2. The molecule has 2 aromatic rings. The average Bonchev–Trinajstić information content (AvgIpc) is 2.46. The van der Waals surface area contributed by atoms with E-state index in [-0.39, 0.29) is 0 Å². The molecule has 0 saturated carbocycles. The lowest BCUT2D eigenvalue weighted by Gasteiger charge is -2.01. The number of rotatable bonds is 1. The normalized spacial score (nSPS) is 11.0. The monoisotopic (exact) mass is 195 g/mol. The highest BCUT2D eigenvalue weighted by Crippen LogP contribution is 2.20. The molecule has 0 aliphatic heterocycles. The zero-order valence-corrected chi connectivity index (χ0v) is 8.34. The van der Waals surface area contributed by atoms with Gasteiger partial charge >= 0.3 is 0 Å². The van der Waals surface area contributed by atoms with Crippen LogP contribution in [0.4, 0.5) is 0 Å². The third kappa shape index (κ3) is 1.29. The van der Waals surface area contributed by atoms with Crippen molar-refractivity contribution in [3.8, 4) is 0 Å². The van der Waals surface area contributed by atoms with Gasteiger partial charge in [0, 0.05) is 12.4 Å². The van der Waals surface area contributed by atoms with Gasteiger partial charge in [-0.1, -0.05) is 18.5 Å². The van der Waals surface area contributed by atoms with E-state index in [1.807, 2.05) is 24.0 Å². The number of aromatic nitrogens is 3. The van der Waals surface area contributed by atoms with Crippen molar-refractivity contribution in [1.29, 1.82) is 0 Å². The van der Waals surface area contributed by atoms with E-state index in [1.165, 1.54) is 0 Å². The maximum Gasteiger partial charge on any atom is 0.130 e. The molecule has 0 radical (unpaired) electrons. The van der Waals surface area contributed by atoms with Gasteiger partial charge in [-0.05, 0) is 12.5 Å². The van der Waals surface area contributed by atoms with Crippen LogP contribution in [0.5, 0.6) is 0 Å². The van der Waals surface area contributed by atoms with Crippen molar-refractivity contribution >= 4 is 22.5 Å². The van der Waals surface area contributed by atoms with Crippen LogP contribution in [0, 0.1) is 0 Å². The third-order valence-corrected chi connectivity index (χ3v) is 2.29. The van der Waals surface area contributed by atoms with Crippen LogP contribution < -0.4 is 0 Å². The molecule has 2 heterocycles. The van der Waals surface area contributed by atoms with Crippen molar-refractivity contribution in [2.24, 2.45) is 7.05 Å². The molecule has 13 heavy (non-hydrogen) atoms. The smallest absolute Gasteiger partial charge is 0.130 e. The third-order valence-electron chi connectivity index (χ3n) is 2.09. The van der Waals surface area contributed by atoms with Gasteiger partial charge in [0.15, 0.2) is 0 Å². The Hall–Kier alpha value is -1.09. The van der Waals surface area contributed by atoms with Gasteiger partial charge in [0.2, 0.25) is 0 Å². The Kier molecular flexibility index (Phi) is 1.96. The van der Waals surface area contributed by atoms with E-state index in [1.54, 1.807) is 0 Å². The Balaban J connectivity index is 2.85. The number of fused-ring (bicyclic) bond motifs is 1. The molecular weight excluding hydrogens is 186 g/mol. The van der Waals surface area contributed by atoms with Crippen LogP contribution in [0.1, 0.15) is 12.6 Å². The van der Waals surface area contributed by atoms with Crippen molar-refractivity contribution < 1.29 is 0 Å². The van der Waals surface area contributed by atoms with Crippen molar-refractivity contribution in [1.82, 2.24) is 14.8 Å². The molecule has 0 atom stereocenters. The zero-order chi connectivity index (χ0) is 9.42. The average molecular weight is 196 g/mol. The van der Waals surface area contributed by atoms with Crippen LogP contribution >= 0.6 is 11.6 Å².